The normalized spacial score (nSPS) is 22.8. The maximum Gasteiger partial charge on any atom is 0.173 e. The molecule has 2 atom stereocenters. The maximum atomic E-state index is 15.1. The number of ketones is 1. The second-order valence-corrected chi connectivity index (χ2v) is 12.1. The molecule has 4 aromatic carbocycles. The molecule has 0 unspecified atom stereocenters. The van der Waals surface area contributed by atoms with E-state index in [0.717, 1.165) is 29.5 Å². The summed E-state index contributed by atoms with van der Waals surface area (Å²) >= 11 is 0. The summed E-state index contributed by atoms with van der Waals surface area (Å²) in [5.41, 5.74) is 8.57. The van der Waals surface area contributed by atoms with Crippen molar-refractivity contribution in [1.29, 1.82) is 0 Å². The fraction of sp³-hybridized carbons (Fsp3) is 0.256. The Hall–Kier alpha value is -4.17. The van der Waals surface area contributed by atoms with Gasteiger partial charge in [0.25, 0.3) is 0 Å². The van der Waals surface area contributed by atoms with E-state index >= 15 is 4.79 Å². The van der Waals surface area contributed by atoms with E-state index in [4.69, 9.17) is 0 Å². The monoisotopic (exact) mass is 535 g/mol. The van der Waals surface area contributed by atoms with Crippen molar-refractivity contribution in [3.63, 3.8) is 0 Å². The Kier molecular flexibility index (Phi) is 6.31. The lowest BCUT2D eigenvalue weighted by molar-refractivity contribution is 0.0841. The molecule has 2 heteroatoms. The minimum atomic E-state index is -0.551. The molecular weight excluding hydrogens is 498 g/mol. The van der Waals surface area contributed by atoms with Crippen molar-refractivity contribution in [2.24, 2.45) is 5.92 Å². The van der Waals surface area contributed by atoms with Crippen LogP contribution < -0.4 is 4.90 Å². The molecule has 0 aromatic heterocycles. The molecule has 0 bridgehead atoms. The third kappa shape index (κ3) is 3.88. The van der Waals surface area contributed by atoms with Gasteiger partial charge < -0.3 is 4.90 Å². The van der Waals surface area contributed by atoms with Gasteiger partial charge in [-0.15, -0.1) is 0 Å². The average Bonchev–Trinajstić information content (AvgIpc) is 3.22. The van der Waals surface area contributed by atoms with Crippen molar-refractivity contribution < 1.29 is 4.79 Å². The minimum Gasteiger partial charge on any atom is -0.363 e. The first-order valence-electron chi connectivity index (χ1n) is 15.0. The first-order chi connectivity index (χ1) is 20.0. The van der Waals surface area contributed by atoms with Crippen LogP contribution in [0.4, 0.5) is 5.69 Å². The largest absolute Gasteiger partial charge is 0.363 e. The lowest BCUT2D eigenvalue weighted by atomic mass is 9.51. The Morgan fingerprint density at radius 3 is 2.07 bits per heavy atom. The summed E-state index contributed by atoms with van der Waals surface area (Å²) in [6.07, 6.45) is 10.6. The summed E-state index contributed by atoms with van der Waals surface area (Å²) in [7, 11) is 2.24. The summed E-state index contributed by atoms with van der Waals surface area (Å²) in [5.74, 6) is -0.166. The van der Waals surface area contributed by atoms with E-state index < -0.39 is 5.54 Å². The highest BCUT2D eigenvalue weighted by atomic mass is 16.1. The van der Waals surface area contributed by atoms with Crippen molar-refractivity contribution in [3.05, 3.63) is 149 Å². The van der Waals surface area contributed by atoms with Gasteiger partial charge >= 0.3 is 0 Å². The standard InChI is InChI=1S/C39H37NO/c1-28-20-22-30(23-21-28)33-26-32(29-14-6-3-7-15-29)27-39(36(33)37(41)31-16-8-4-9-17-31)38(24-12-5-13-25-38)34-18-10-11-19-35(34)40(39)2/h3-4,6-11,14-23,26-27,36H,5,12-13,24-25H2,1-2H3/t36-,39-/m0/s1. The second-order valence-electron chi connectivity index (χ2n) is 12.1. The molecule has 1 aliphatic heterocycles. The maximum absolute atomic E-state index is 15.1. The van der Waals surface area contributed by atoms with Gasteiger partial charge in [-0.25, -0.2) is 0 Å². The molecule has 2 spiro atoms. The second kappa shape index (κ2) is 10.0. The zero-order valence-electron chi connectivity index (χ0n) is 24.0. The summed E-state index contributed by atoms with van der Waals surface area (Å²) in [6.45, 7) is 2.13. The van der Waals surface area contributed by atoms with E-state index in [0.29, 0.717) is 0 Å². The molecule has 0 radical (unpaired) electrons. The van der Waals surface area contributed by atoms with Crippen molar-refractivity contribution in [2.75, 3.05) is 11.9 Å². The van der Waals surface area contributed by atoms with Crippen LogP contribution in [0.1, 0.15) is 64.7 Å². The highest BCUT2D eigenvalue weighted by molar-refractivity contribution is 6.10. The van der Waals surface area contributed by atoms with E-state index in [1.54, 1.807) is 0 Å². The fourth-order valence-electron chi connectivity index (χ4n) is 8.19. The smallest absolute Gasteiger partial charge is 0.173 e. The van der Waals surface area contributed by atoms with E-state index in [9.17, 15) is 0 Å². The van der Waals surface area contributed by atoms with Gasteiger partial charge in [0.1, 0.15) is 0 Å². The number of carbonyl (C=O) groups is 1. The Morgan fingerprint density at radius 2 is 1.37 bits per heavy atom. The highest BCUT2D eigenvalue weighted by Gasteiger charge is 2.65. The zero-order chi connectivity index (χ0) is 28.0. The zero-order valence-corrected chi connectivity index (χ0v) is 24.0. The molecular formula is C39H37NO. The highest BCUT2D eigenvalue weighted by Crippen LogP contribution is 2.64. The van der Waals surface area contributed by atoms with Crippen molar-refractivity contribution in [1.82, 2.24) is 0 Å². The van der Waals surface area contributed by atoms with Gasteiger partial charge in [-0.3, -0.25) is 4.79 Å². The Labute approximate surface area is 244 Å². The molecule has 204 valence electrons. The molecule has 1 heterocycles. The van der Waals surface area contributed by atoms with Crippen LogP contribution in [0.3, 0.4) is 0 Å². The minimum absolute atomic E-state index is 0.171. The van der Waals surface area contributed by atoms with Gasteiger partial charge in [0.2, 0.25) is 0 Å². The molecule has 0 saturated heterocycles. The number of rotatable bonds is 4. The summed E-state index contributed by atoms with van der Waals surface area (Å²) in [6, 6.07) is 38.4. The number of carbonyl (C=O) groups excluding carboxylic acids is 1. The number of fused-ring (bicyclic) bond motifs is 3. The number of para-hydroxylation sites is 1. The van der Waals surface area contributed by atoms with Gasteiger partial charge in [0, 0.05) is 23.7 Å². The Bertz CT molecular complexity index is 1640. The van der Waals surface area contributed by atoms with Crippen LogP contribution in [0.5, 0.6) is 0 Å². The summed E-state index contributed by atoms with van der Waals surface area (Å²) in [4.78, 5) is 17.6. The molecule has 0 amide bonds. The number of Topliss-reactive ketones (excluding diaryl/α,β-unsaturated/α-hetero) is 1. The van der Waals surface area contributed by atoms with E-state index in [-0.39, 0.29) is 17.1 Å². The topological polar surface area (TPSA) is 20.3 Å². The lowest BCUT2D eigenvalue weighted by Gasteiger charge is -2.56. The summed E-state index contributed by atoms with van der Waals surface area (Å²) < 4.78 is 0. The average molecular weight is 536 g/mol. The Balaban J connectivity index is 1.57. The summed E-state index contributed by atoms with van der Waals surface area (Å²) in [5, 5.41) is 0. The SMILES string of the molecule is Cc1ccc(C2=CC(c3ccccc3)=C[C@@]3([C@@H]2C(=O)c2ccccc2)N(C)c2ccccc2C32CCCCC2)cc1. The van der Waals surface area contributed by atoms with Gasteiger partial charge in [-0.05, 0) is 65.8 Å². The van der Waals surface area contributed by atoms with Crippen LogP contribution in [-0.4, -0.2) is 18.4 Å². The fourth-order valence-corrected chi connectivity index (χ4v) is 8.19. The van der Waals surface area contributed by atoms with Crippen molar-refractivity contribution in [3.8, 4) is 0 Å². The third-order valence-corrected chi connectivity index (χ3v) is 10.1. The molecule has 1 saturated carbocycles. The van der Waals surface area contributed by atoms with Crippen LogP contribution in [0.2, 0.25) is 0 Å². The number of aryl methyl sites for hydroxylation is 1. The molecule has 2 nitrogen and oxygen atoms in total. The first-order valence-corrected chi connectivity index (χ1v) is 15.0. The van der Waals surface area contributed by atoms with Crippen LogP contribution >= 0.6 is 0 Å². The molecule has 2 aliphatic carbocycles. The third-order valence-electron chi connectivity index (χ3n) is 10.1. The molecule has 0 N–H and O–H groups in total. The quantitative estimate of drug-likeness (QED) is 0.243. The van der Waals surface area contributed by atoms with Gasteiger partial charge in [-0.1, -0.05) is 128 Å². The molecule has 3 aliphatic rings. The Morgan fingerprint density at radius 1 is 0.732 bits per heavy atom. The number of allylic oxidation sites excluding steroid dienone is 2. The van der Waals surface area contributed by atoms with Gasteiger partial charge in [0.05, 0.1) is 11.5 Å². The first kappa shape index (κ1) is 25.8. The number of hydrogen-bond donors (Lipinski definition) is 0. The van der Waals surface area contributed by atoms with Crippen LogP contribution in [0, 0.1) is 12.8 Å². The number of likely N-dealkylation sites (N-methyl/N-ethyl adjacent to an activating group) is 1. The molecule has 7 rings (SSSR count). The van der Waals surface area contributed by atoms with E-state index in [1.807, 2.05) is 30.3 Å². The van der Waals surface area contributed by atoms with Crippen LogP contribution in [0.25, 0.3) is 11.1 Å². The van der Waals surface area contributed by atoms with Gasteiger partial charge in [0.15, 0.2) is 5.78 Å². The lowest BCUT2D eigenvalue weighted by Crippen LogP contribution is -2.63. The number of anilines is 1. The predicted octanol–water partition coefficient (Wildman–Crippen LogP) is 9.07. The van der Waals surface area contributed by atoms with Crippen molar-refractivity contribution in [2.45, 2.75) is 50.0 Å². The van der Waals surface area contributed by atoms with Crippen LogP contribution in [-0.2, 0) is 5.41 Å². The molecule has 1 fully saturated rings. The van der Waals surface area contributed by atoms with E-state index in [2.05, 4.69) is 110 Å². The number of benzene rings is 4. The van der Waals surface area contributed by atoms with Crippen molar-refractivity contribution >= 4 is 22.6 Å². The number of hydrogen-bond acceptors (Lipinski definition) is 2. The van der Waals surface area contributed by atoms with E-state index in [1.165, 1.54) is 47.2 Å². The van der Waals surface area contributed by atoms with Gasteiger partial charge in [-0.2, -0.15) is 0 Å². The van der Waals surface area contributed by atoms with Crippen LogP contribution in [0.15, 0.2) is 121 Å². The molecule has 41 heavy (non-hydrogen) atoms. The predicted molar refractivity (Wildman–Crippen MR) is 170 cm³/mol. The molecule has 4 aromatic rings. The number of nitrogens with zero attached hydrogens (tertiary/aromatic N) is 1.